The van der Waals surface area contributed by atoms with Gasteiger partial charge in [-0.25, -0.2) is 0 Å². The van der Waals surface area contributed by atoms with Crippen LogP contribution in [0.3, 0.4) is 0 Å². The van der Waals surface area contributed by atoms with Gasteiger partial charge in [-0.15, -0.1) is 0 Å². The second-order valence-corrected chi connectivity index (χ2v) is 3.27. The van der Waals surface area contributed by atoms with Crippen LogP contribution in [-0.2, 0) is 4.79 Å². The summed E-state index contributed by atoms with van der Waals surface area (Å²) in [6.07, 6.45) is 0. The van der Waals surface area contributed by atoms with Crippen molar-refractivity contribution < 1.29 is 9.90 Å². The number of carboxylic acid groups (broad SMARTS) is 1. The zero-order valence-corrected chi connectivity index (χ0v) is 9.41. The molecular formula is C14H15NO2. The van der Waals surface area contributed by atoms with Gasteiger partial charge in [0.15, 0.2) is 0 Å². The summed E-state index contributed by atoms with van der Waals surface area (Å²) in [4.78, 5) is 10.1. The number of anilines is 1. The van der Waals surface area contributed by atoms with Gasteiger partial charge in [-0.2, -0.15) is 0 Å². The minimum atomic E-state index is -0.853. The van der Waals surface area contributed by atoms with Gasteiger partial charge in [0.25, 0.3) is 0 Å². The van der Waals surface area contributed by atoms with Crippen molar-refractivity contribution in [1.82, 2.24) is 0 Å². The summed E-state index contributed by atoms with van der Waals surface area (Å²) < 4.78 is 0. The van der Waals surface area contributed by atoms with E-state index >= 15 is 0 Å². The van der Waals surface area contributed by atoms with Crippen molar-refractivity contribution in [2.75, 3.05) is 11.9 Å². The fourth-order valence-electron chi connectivity index (χ4n) is 1.12. The molecule has 0 aliphatic rings. The van der Waals surface area contributed by atoms with Gasteiger partial charge in [0.1, 0.15) is 6.54 Å². The minimum Gasteiger partial charge on any atom is -0.480 e. The Morgan fingerprint density at radius 2 is 1.29 bits per heavy atom. The first-order valence-electron chi connectivity index (χ1n) is 5.30. The van der Waals surface area contributed by atoms with E-state index in [9.17, 15) is 4.79 Å². The number of nitrogens with one attached hydrogen (secondary N) is 1. The Morgan fingerprint density at radius 3 is 1.71 bits per heavy atom. The number of aliphatic carboxylic acids is 1. The number of hydrogen-bond donors (Lipinski definition) is 2. The van der Waals surface area contributed by atoms with E-state index in [1.807, 2.05) is 66.7 Å². The zero-order valence-electron chi connectivity index (χ0n) is 9.41. The van der Waals surface area contributed by atoms with Crippen LogP contribution in [-0.4, -0.2) is 17.6 Å². The average molecular weight is 229 g/mol. The molecule has 0 fully saturated rings. The lowest BCUT2D eigenvalue weighted by Gasteiger charge is -2.00. The molecule has 0 saturated carbocycles. The van der Waals surface area contributed by atoms with Gasteiger partial charge in [0, 0.05) is 5.69 Å². The van der Waals surface area contributed by atoms with Gasteiger partial charge in [0.05, 0.1) is 0 Å². The predicted octanol–water partition coefficient (Wildman–Crippen LogP) is 2.87. The molecule has 0 unspecified atom stereocenters. The fourth-order valence-corrected chi connectivity index (χ4v) is 1.12. The number of carbonyl (C=O) groups is 1. The van der Waals surface area contributed by atoms with E-state index in [1.165, 1.54) is 0 Å². The summed E-state index contributed by atoms with van der Waals surface area (Å²) in [5, 5.41) is 11.1. The smallest absolute Gasteiger partial charge is 0.322 e. The summed E-state index contributed by atoms with van der Waals surface area (Å²) >= 11 is 0. The molecule has 2 rings (SSSR count). The van der Waals surface area contributed by atoms with Crippen LogP contribution in [0.1, 0.15) is 0 Å². The van der Waals surface area contributed by atoms with E-state index in [-0.39, 0.29) is 6.54 Å². The highest BCUT2D eigenvalue weighted by atomic mass is 16.4. The van der Waals surface area contributed by atoms with Crippen molar-refractivity contribution in [3.8, 4) is 0 Å². The van der Waals surface area contributed by atoms with Crippen LogP contribution in [0.5, 0.6) is 0 Å². The third kappa shape index (κ3) is 6.73. The topological polar surface area (TPSA) is 49.3 Å². The van der Waals surface area contributed by atoms with Crippen LogP contribution in [0.25, 0.3) is 0 Å². The average Bonchev–Trinajstić information content (AvgIpc) is 2.40. The number of carboxylic acids is 1. The molecule has 0 radical (unpaired) electrons. The summed E-state index contributed by atoms with van der Waals surface area (Å²) in [7, 11) is 0. The molecular weight excluding hydrogens is 214 g/mol. The Bertz CT molecular complexity index is 388. The lowest BCUT2D eigenvalue weighted by atomic mass is 10.3. The van der Waals surface area contributed by atoms with Crippen LogP contribution in [0.2, 0.25) is 0 Å². The molecule has 2 N–H and O–H groups in total. The Hall–Kier alpha value is -2.29. The molecule has 3 heteroatoms. The van der Waals surface area contributed by atoms with Crippen molar-refractivity contribution >= 4 is 11.7 Å². The highest BCUT2D eigenvalue weighted by Gasteiger charge is 1.94. The highest BCUT2D eigenvalue weighted by molar-refractivity contribution is 5.72. The van der Waals surface area contributed by atoms with Crippen molar-refractivity contribution in [3.05, 3.63) is 66.7 Å². The molecule has 88 valence electrons. The van der Waals surface area contributed by atoms with Crippen LogP contribution in [0.4, 0.5) is 5.69 Å². The fraction of sp³-hybridized carbons (Fsp3) is 0.0714. The lowest BCUT2D eigenvalue weighted by Crippen LogP contribution is -2.11. The quantitative estimate of drug-likeness (QED) is 0.850. The number of para-hydroxylation sites is 1. The first kappa shape index (κ1) is 12.8. The molecule has 2 aromatic rings. The van der Waals surface area contributed by atoms with E-state index in [2.05, 4.69) is 5.32 Å². The summed E-state index contributed by atoms with van der Waals surface area (Å²) in [6, 6.07) is 21.2. The van der Waals surface area contributed by atoms with Crippen LogP contribution < -0.4 is 5.32 Å². The molecule has 0 aromatic heterocycles. The molecule has 0 atom stereocenters. The Morgan fingerprint density at radius 1 is 0.882 bits per heavy atom. The monoisotopic (exact) mass is 229 g/mol. The highest BCUT2D eigenvalue weighted by Crippen LogP contribution is 2.03. The maximum absolute atomic E-state index is 10.1. The molecule has 0 aliphatic carbocycles. The third-order valence-corrected chi connectivity index (χ3v) is 1.88. The first-order valence-corrected chi connectivity index (χ1v) is 5.30. The molecule has 0 spiro atoms. The summed E-state index contributed by atoms with van der Waals surface area (Å²) in [6.45, 7) is -0.0377. The summed E-state index contributed by atoms with van der Waals surface area (Å²) in [5.41, 5.74) is 0.829. The number of benzene rings is 2. The molecule has 17 heavy (non-hydrogen) atoms. The molecule has 0 saturated heterocycles. The molecule has 3 nitrogen and oxygen atoms in total. The second-order valence-electron chi connectivity index (χ2n) is 3.27. The van der Waals surface area contributed by atoms with Crippen molar-refractivity contribution in [2.24, 2.45) is 0 Å². The van der Waals surface area contributed by atoms with E-state index in [4.69, 9.17) is 5.11 Å². The lowest BCUT2D eigenvalue weighted by molar-refractivity contribution is -0.134. The Kier molecular flexibility index (Phi) is 5.96. The molecule has 2 aromatic carbocycles. The Labute approximate surface area is 101 Å². The number of rotatable bonds is 3. The maximum Gasteiger partial charge on any atom is 0.322 e. The van der Waals surface area contributed by atoms with E-state index in [0.717, 1.165) is 5.69 Å². The zero-order chi connectivity index (χ0) is 12.3. The largest absolute Gasteiger partial charge is 0.480 e. The van der Waals surface area contributed by atoms with Gasteiger partial charge in [-0.05, 0) is 12.1 Å². The predicted molar refractivity (Wildman–Crippen MR) is 69.0 cm³/mol. The van der Waals surface area contributed by atoms with Gasteiger partial charge in [-0.1, -0.05) is 54.6 Å². The minimum absolute atomic E-state index is 0.0377. The SMILES string of the molecule is O=C(O)CNc1ccccc1.c1ccccc1. The second kappa shape index (κ2) is 7.93. The normalized spacial score (nSPS) is 8.71. The van der Waals surface area contributed by atoms with E-state index < -0.39 is 5.97 Å². The summed E-state index contributed by atoms with van der Waals surface area (Å²) in [5.74, 6) is -0.853. The Balaban J connectivity index is 0.000000202. The van der Waals surface area contributed by atoms with Crippen LogP contribution in [0, 0.1) is 0 Å². The molecule has 0 heterocycles. The van der Waals surface area contributed by atoms with Gasteiger partial charge in [0.2, 0.25) is 0 Å². The molecule has 0 aliphatic heterocycles. The molecule has 0 amide bonds. The van der Waals surface area contributed by atoms with Crippen molar-refractivity contribution in [3.63, 3.8) is 0 Å². The molecule has 0 bridgehead atoms. The number of hydrogen-bond acceptors (Lipinski definition) is 2. The third-order valence-electron chi connectivity index (χ3n) is 1.88. The first-order chi connectivity index (χ1) is 8.29. The van der Waals surface area contributed by atoms with Gasteiger partial charge in [-0.3, -0.25) is 4.79 Å². The van der Waals surface area contributed by atoms with Crippen LogP contribution in [0.15, 0.2) is 66.7 Å². The van der Waals surface area contributed by atoms with E-state index in [1.54, 1.807) is 0 Å². The van der Waals surface area contributed by atoms with Crippen molar-refractivity contribution in [2.45, 2.75) is 0 Å². The van der Waals surface area contributed by atoms with Gasteiger partial charge < -0.3 is 10.4 Å². The van der Waals surface area contributed by atoms with Crippen LogP contribution >= 0.6 is 0 Å². The standard InChI is InChI=1S/C8H9NO2.C6H6/c10-8(11)6-9-7-4-2-1-3-5-7;1-2-4-6-5-3-1/h1-5,9H,6H2,(H,10,11);1-6H. The van der Waals surface area contributed by atoms with Gasteiger partial charge >= 0.3 is 5.97 Å². The van der Waals surface area contributed by atoms with Crippen molar-refractivity contribution in [1.29, 1.82) is 0 Å². The maximum atomic E-state index is 10.1. The van der Waals surface area contributed by atoms with E-state index in [0.29, 0.717) is 0 Å².